The molecule has 0 amide bonds. The maximum atomic E-state index is 9.98. The second-order valence-corrected chi connectivity index (χ2v) is 3.90. The molecule has 0 bridgehead atoms. The van der Waals surface area contributed by atoms with Gasteiger partial charge in [0.15, 0.2) is 0 Å². The smallest absolute Gasteiger partial charge is 0.103 e. The fourth-order valence-electron chi connectivity index (χ4n) is 1.78. The second-order valence-electron chi connectivity index (χ2n) is 3.90. The zero-order chi connectivity index (χ0) is 11.3. The molecule has 0 aromatic heterocycles. The normalized spacial score (nSPS) is 12.8. The summed E-state index contributed by atoms with van der Waals surface area (Å²) in [5, 5.41) is 9.98. The third-order valence-electron chi connectivity index (χ3n) is 2.50. The number of aliphatic hydroxyl groups is 1. The molecule has 0 fully saturated rings. The molecule has 0 aliphatic rings. The number of benzene rings is 1. The van der Waals surface area contributed by atoms with E-state index in [1.54, 1.807) is 0 Å². The average molecular weight is 208 g/mol. The Labute approximate surface area is 91.9 Å². The molecule has 0 heterocycles. The number of aliphatic hydroxyl groups excluding tert-OH is 1. The minimum Gasteiger partial charge on any atom is -0.386 e. The minimum atomic E-state index is -0.502. The second kappa shape index (κ2) is 5.89. The van der Waals surface area contributed by atoms with E-state index in [0.717, 1.165) is 23.1 Å². The Bertz CT molecular complexity index is 287. The lowest BCUT2D eigenvalue weighted by atomic mass is 9.98. The lowest BCUT2D eigenvalue weighted by Crippen LogP contribution is -2.10. The van der Waals surface area contributed by atoms with Gasteiger partial charge < -0.3 is 9.84 Å². The zero-order valence-corrected chi connectivity index (χ0v) is 9.79. The summed E-state index contributed by atoms with van der Waals surface area (Å²) in [5.74, 6) is 0. The molecule has 2 nitrogen and oxygen atoms in total. The fourth-order valence-corrected chi connectivity index (χ4v) is 1.78. The topological polar surface area (TPSA) is 29.5 Å². The van der Waals surface area contributed by atoms with Crippen LogP contribution in [0.1, 0.15) is 36.1 Å². The van der Waals surface area contributed by atoms with Crippen LogP contribution in [0.25, 0.3) is 0 Å². The first-order valence-electron chi connectivity index (χ1n) is 5.48. The van der Waals surface area contributed by atoms with Gasteiger partial charge in [-0.2, -0.15) is 0 Å². The molecular weight excluding hydrogens is 188 g/mol. The lowest BCUT2D eigenvalue weighted by molar-refractivity contribution is 0.0358. The maximum absolute atomic E-state index is 9.98. The predicted molar refractivity (Wildman–Crippen MR) is 62.0 cm³/mol. The Morgan fingerprint density at radius 2 is 1.87 bits per heavy atom. The van der Waals surface area contributed by atoms with E-state index in [9.17, 15) is 5.11 Å². The molecule has 0 radical (unpaired) electrons. The van der Waals surface area contributed by atoms with Crippen molar-refractivity contribution in [1.29, 1.82) is 0 Å². The van der Waals surface area contributed by atoms with Gasteiger partial charge >= 0.3 is 0 Å². The van der Waals surface area contributed by atoms with Crippen LogP contribution in [0.2, 0.25) is 0 Å². The standard InChI is InChI=1S/C13H20O2/c1-4-8-15-9-12(14)13-10(2)6-5-7-11(13)3/h5-7,12,14H,4,8-9H2,1-3H3. The van der Waals surface area contributed by atoms with E-state index >= 15 is 0 Å². The van der Waals surface area contributed by atoms with E-state index in [-0.39, 0.29) is 0 Å². The van der Waals surface area contributed by atoms with Crippen molar-refractivity contribution in [3.63, 3.8) is 0 Å². The quantitative estimate of drug-likeness (QED) is 0.754. The summed E-state index contributed by atoms with van der Waals surface area (Å²) in [5.41, 5.74) is 3.26. The van der Waals surface area contributed by atoms with Crippen molar-refractivity contribution in [3.8, 4) is 0 Å². The summed E-state index contributed by atoms with van der Waals surface area (Å²) in [6.07, 6.45) is 0.484. The van der Waals surface area contributed by atoms with Gasteiger partial charge in [0.1, 0.15) is 6.10 Å². The number of hydrogen-bond acceptors (Lipinski definition) is 2. The van der Waals surface area contributed by atoms with Gasteiger partial charge in [-0.1, -0.05) is 25.1 Å². The van der Waals surface area contributed by atoms with Crippen molar-refractivity contribution in [2.75, 3.05) is 13.2 Å². The van der Waals surface area contributed by atoms with Gasteiger partial charge in [0.2, 0.25) is 0 Å². The molecule has 1 unspecified atom stereocenters. The van der Waals surface area contributed by atoms with Crippen LogP contribution in [0.15, 0.2) is 18.2 Å². The highest BCUT2D eigenvalue weighted by atomic mass is 16.5. The Balaban J connectivity index is 2.68. The molecule has 0 aliphatic heterocycles. The van der Waals surface area contributed by atoms with Crippen LogP contribution in [0, 0.1) is 13.8 Å². The number of aryl methyl sites for hydroxylation is 2. The van der Waals surface area contributed by atoms with E-state index in [0.29, 0.717) is 13.2 Å². The summed E-state index contributed by atoms with van der Waals surface area (Å²) in [6.45, 7) is 7.20. The summed E-state index contributed by atoms with van der Waals surface area (Å²) >= 11 is 0. The largest absolute Gasteiger partial charge is 0.386 e. The molecule has 1 atom stereocenters. The first-order valence-corrected chi connectivity index (χ1v) is 5.48. The van der Waals surface area contributed by atoms with E-state index in [1.165, 1.54) is 0 Å². The predicted octanol–water partition coefficient (Wildman–Crippen LogP) is 2.76. The molecule has 84 valence electrons. The molecule has 1 aromatic rings. The van der Waals surface area contributed by atoms with Gasteiger partial charge in [0, 0.05) is 6.61 Å². The van der Waals surface area contributed by atoms with Crippen LogP contribution in [0.4, 0.5) is 0 Å². The molecule has 0 saturated carbocycles. The highest BCUT2D eigenvalue weighted by Gasteiger charge is 2.12. The average Bonchev–Trinajstić information content (AvgIpc) is 2.18. The molecule has 2 heteroatoms. The molecule has 15 heavy (non-hydrogen) atoms. The van der Waals surface area contributed by atoms with Gasteiger partial charge in [-0.3, -0.25) is 0 Å². The Hall–Kier alpha value is -0.860. The van der Waals surface area contributed by atoms with Crippen molar-refractivity contribution >= 4 is 0 Å². The van der Waals surface area contributed by atoms with Crippen LogP contribution in [0.3, 0.4) is 0 Å². The minimum absolute atomic E-state index is 0.388. The summed E-state index contributed by atoms with van der Waals surface area (Å²) in [6, 6.07) is 6.05. The van der Waals surface area contributed by atoms with Crippen molar-refractivity contribution in [2.45, 2.75) is 33.3 Å². The van der Waals surface area contributed by atoms with E-state index in [2.05, 4.69) is 6.92 Å². The third-order valence-corrected chi connectivity index (χ3v) is 2.50. The molecule has 1 N–H and O–H groups in total. The highest BCUT2D eigenvalue weighted by Crippen LogP contribution is 2.21. The van der Waals surface area contributed by atoms with E-state index in [1.807, 2.05) is 32.0 Å². The number of ether oxygens (including phenoxy) is 1. The van der Waals surface area contributed by atoms with Crippen molar-refractivity contribution in [1.82, 2.24) is 0 Å². The van der Waals surface area contributed by atoms with Gasteiger partial charge in [0.05, 0.1) is 6.61 Å². The monoisotopic (exact) mass is 208 g/mol. The summed E-state index contributed by atoms with van der Waals surface area (Å²) in [4.78, 5) is 0. The van der Waals surface area contributed by atoms with E-state index in [4.69, 9.17) is 4.74 Å². The Morgan fingerprint density at radius 3 is 2.40 bits per heavy atom. The summed E-state index contributed by atoms with van der Waals surface area (Å²) < 4.78 is 5.36. The first kappa shape index (κ1) is 12.2. The van der Waals surface area contributed by atoms with Crippen molar-refractivity contribution in [2.24, 2.45) is 0 Å². The molecule has 0 saturated heterocycles. The first-order chi connectivity index (χ1) is 7.16. The Morgan fingerprint density at radius 1 is 1.27 bits per heavy atom. The van der Waals surface area contributed by atoms with Crippen molar-refractivity contribution in [3.05, 3.63) is 34.9 Å². The fraction of sp³-hybridized carbons (Fsp3) is 0.538. The number of rotatable bonds is 5. The van der Waals surface area contributed by atoms with Crippen LogP contribution < -0.4 is 0 Å². The molecule has 1 rings (SSSR count). The van der Waals surface area contributed by atoms with Crippen LogP contribution in [-0.2, 0) is 4.74 Å². The summed E-state index contributed by atoms with van der Waals surface area (Å²) in [7, 11) is 0. The molecular formula is C13H20O2. The Kier molecular flexibility index (Phi) is 4.79. The third kappa shape index (κ3) is 3.33. The van der Waals surface area contributed by atoms with Crippen molar-refractivity contribution < 1.29 is 9.84 Å². The zero-order valence-electron chi connectivity index (χ0n) is 9.79. The van der Waals surface area contributed by atoms with E-state index < -0.39 is 6.10 Å². The molecule has 1 aromatic carbocycles. The van der Waals surface area contributed by atoms with Crippen LogP contribution in [0.5, 0.6) is 0 Å². The van der Waals surface area contributed by atoms with Gasteiger partial charge in [-0.25, -0.2) is 0 Å². The van der Waals surface area contributed by atoms with Gasteiger partial charge in [0.25, 0.3) is 0 Å². The lowest BCUT2D eigenvalue weighted by Gasteiger charge is -2.16. The highest BCUT2D eigenvalue weighted by molar-refractivity contribution is 5.35. The van der Waals surface area contributed by atoms with Crippen LogP contribution >= 0.6 is 0 Å². The maximum Gasteiger partial charge on any atom is 0.103 e. The molecule has 0 spiro atoms. The van der Waals surface area contributed by atoms with Gasteiger partial charge in [-0.05, 0) is 37.0 Å². The van der Waals surface area contributed by atoms with Crippen LogP contribution in [-0.4, -0.2) is 18.3 Å². The van der Waals surface area contributed by atoms with Gasteiger partial charge in [-0.15, -0.1) is 0 Å². The number of hydrogen-bond donors (Lipinski definition) is 1. The molecule has 0 aliphatic carbocycles. The SMILES string of the molecule is CCCOCC(O)c1c(C)cccc1C.